The van der Waals surface area contributed by atoms with E-state index in [1.54, 1.807) is 4.90 Å². The Bertz CT molecular complexity index is 763. The number of hydrogen-bond acceptors (Lipinski definition) is 6. The fourth-order valence-electron chi connectivity index (χ4n) is 2.02. The minimum atomic E-state index is -0.253. The Balaban J connectivity index is 1.90. The first-order chi connectivity index (χ1) is 10.7. The molecule has 1 aromatic carbocycles. The summed E-state index contributed by atoms with van der Waals surface area (Å²) >= 11 is 1.47. The van der Waals surface area contributed by atoms with Gasteiger partial charge in [0.1, 0.15) is 6.26 Å². The SMILES string of the molecule is CCOc1nc(C(=O)N(CC)c2nc3ccccc3s2)co1. The molecule has 0 aliphatic carbocycles. The van der Waals surface area contributed by atoms with E-state index < -0.39 is 0 Å². The first kappa shape index (κ1) is 14.5. The standard InChI is InChI=1S/C15H15N3O3S/c1-3-18(13(19)11-9-21-15(17-11)20-4-2)14-16-10-7-5-6-8-12(10)22-14/h5-9H,3-4H2,1-2H3. The second-order valence-corrected chi connectivity index (χ2v) is 5.45. The third-order valence-corrected chi connectivity index (χ3v) is 4.10. The summed E-state index contributed by atoms with van der Waals surface area (Å²) in [6.07, 6.45) is 1.41. The van der Waals surface area contributed by atoms with Gasteiger partial charge >= 0.3 is 6.08 Å². The number of thiazole rings is 1. The van der Waals surface area contributed by atoms with Crippen molar-refractivity contribution in [3.05, 3.63) is 36.2 Å². The number of carbonyl (C=O) groups excluding carboxylic acids is 1. The van der Waals surface area contributed by atoms with Crippen LogP contribution in [0.5, 0.6) is 6.08 Å². The summed E-state index contributed by atoms with van der Waals surface area (Å²) in [4.78, 5) is 22.7. The first-order valence-corrected chi connectivity index (χ1v) is 7.80. The molecule has 1 amide bonds. The van der Waals surface area contributed by atoms with Crippen LogP contribution in [-0.2, 0) is 0 Å². The molecule has 3 rings (SSSR count). The van der Waals surface area contributed by atoms with E-state index in [4.69, 9.17) is 9.15 Å². The van der Waals surface area contributed by atoms with Crippen LogP contribution in [0.3, 0.4) is 0 Å². The lowest BCUT2D eigenvalue weighted by atomic mass is 10.3. The van der Waals surface area contributed by atoms with Crippen molar-refractivity contribution in [2.45, 2.75) is 13.8 Å². The maximum absolute atomic E-state index is 12.6. The van der Waals surface area contributed by atoms with E-state index in [2.05, 4.69) is 9.97 Å². The summed E-state index contributed by atoms with van der Waals surface area (Å²) < 4.78 is 11.3. The molecule has 0 N–H and O–H groups in total. The Morgan fingerprint density at radius 2 is 2.14 bits per heavy atom. The fourth-order valence-corrected chi connectivity index (χ4v) is 3.05. The van der Waals surface area contributed by atoms with Gasteiger partial charge in [0.05, 0.1) is 16.8 Å². The Kier molecular flexibility index (Phi) is 4.06. The largest absolute Gasteiger partial charge is 0.450 e. The molecule has 7 heteroatoms. The Labute approximate surface area is 131 Å². The summed E-state index contributed by atoms with van der Waals surface area (Å²) in [6.45, 7) is 4.65. The summed E-state index contributed by atoms with van der Waals surface area (Å²) in [5.41, 5.74) is 1.09. The van der Waals surface area contributed by atoms with Gasteiger partial charge in [-0.15, -0.1) is 0 Å². The van der Waals surface area contributed by atoms with Crippen LogP contribution in [0, 0.1) is 0 Å². The van der Waals surface area contributed by atoms with Crippen molar-refractivity contribution in [2.24, 2.45) is 0 Å². The molecule has 2 heterocycles. The highest BCUT2D eigenvalue weighted by atomic mass is 32.1. The molecule has 0 atom stereocenters. The van der Waals surface area contributed by atoms with Gasteiger partial charge in [-0.05, 0) is 26.0 Å². The molecule has 0 saturated carbocycles. The number of nitrogens with zero attached hydrogens (tertiary/aromatic N) is 3. The third kappa shape index (κ3) is 2.67. The molecule has 6 nitrogen and oxygen atoms in total. The summed E-state index contributed by atoms with van der Waals surface area (Å²) in [6, 6.07) is 7.79. The van der Waals surface area contributed by atoms with Crippen LogP contribution >= 0.6 is 11.3 Å². The van der Waals surface area contributed by atoms with Gasteiger partial charge in [0, 0.05) is 6.54 Å². The average Bonchev–Trinajstić information content (AvgIpc) is 3.14. The average molecular weight is 317 g/mol. The van der Waals surface area contributed by atoms with Crippen molar-refractivity contribution in [3.63, 3.8) is 0 Å². The summed E-state index contributed by atoms with van der Waals surface area (Å²) in [5, 5.41) is 0.648. The third-order valence-electron chi connectivity index (χ3n) is 3.04. The second-order valence-electron chi connectivity index (χ2n) is 4.45. The fraction of sp³-hybridized carbons (Fsp3) is 0.267. The van der Waals surface area contributed by atoms with Gasteiger partial charge in [-0.2, -0.15) is 4.98 Å². The molecular formula is C15H15N3O3S. The van der Waals surface area contributed by atoms with Gasteiger partial charge in [0.25, 0.3) is 5.91 Å². The molecule has 22 heavy (non-hydrogen) atoms. The number of oxazole rings is 1. The predicted octanol–water partition coefficient (Wildman–Crippen LogP) is 3.35. The minimum absolute atomic E-state index is 0.103. The number of hydrogen-bond donors (Lipinski definition) is 0. The minimum Gasteiger partial charge on any atom is -0.450 e. The van der Waals surface area contributed by atoms with Gasteiger partial charge in [0.2, 0.25) is 0 Å². The Morgan fingerprint density at radius 1 is 1.32 bits per heavy atom. The van der Waals surface area contributed by atoms with Gasteiger partial charge in [-0.1, -0.05) is 23.5 Å². The van der Waals surface area contributed by atoms with E-state index in [9.17, 15) is 4.79 Å². The number of amides is 1. The molecule has 0 fully saturated rings. The lowest BCUT2D eigenvalue weighted by Gasteiger charge is -2.15. The van der Waals surface area contributed by atoms with Crippen LogP contribution in [0.25, 0.3) is 10.2 Å². The van der Waals surface area contributed by atoms with Crippen molar-refractivity contribution in [2.75, 3.05) is 18.1 Å². The molecule has 114 valence electrons. The van der Waals surface area contributed by atoms with E-state index in [0.29, 0.717) is 18.3 Å². The number of para-hydroxylation sites is 1. The van der Waals surface area contributed by atoms with Gasteiger partial charge < -0.3 is 9.15 Å². The summed E-state index contributed by atoms with van der Waals surface area (Å²) in [5.74, 6) is -0.253. The normalized spacial score (nSPS) is 10.8. The highest BCUT2D eigenvalue weighted by Crippen LogP contribution is 2.29. The topological polar surface area (TPSA) is 68.5 Å². The molecular weight excluding hydrogens is 302 g/mol. The number of benzene rings is 1. The quantitative estimate of drug-likeness (QED) is 0.722. The monoisotopic (exact) mass is 317 g/mol. The van der Waals surface area contributed by atoms with Crippen molar-refractivity contribution in [3.8, 4) is 6.08 Å². The van der Waals surface area contributed by atoms with Gasteiger partial charge in [-0.25, -0.2) is 4.98 Å². The van der Waals surface area contributed by atoms with E-state index in [0.717, 1.165) is 10.2 Å². The maximum atomic E-state index is 12.6. The molecule has 0 aliphatic heterocycles. The number of carbonyl (C=O) groups is 1. The Hall–Kier alpha value is -2.41. The molecule has 0 saturated heterocycles. The van der Waals surface area contributed by atoms with Crippen LogP contribution in [-0.4, -0.2) is 29.0 Å². The Morgan fingerprint density at radius 3 is 2.86 bits per heavy atom. The molecule has 0 unspecified atom stereocenters. The maximum Gasteiger partial charge on any atom is 0.394 e. The lowest BCUT2D eigenvalue weighted by Crippen LogP contribution is -2.30. The second kappa shape index (κ2) is 6.15. The smallest absolute Gasteiger partial charge is 0.394 e. The van der Waals surface area contributed by atoms with Crippen LogP contribution in [0.2, 0.25) is 0 Å². The first-order valence-electron chi connectivity index (χ1n) is 6.98. The van der Waals surface area contributed by atoms with Crippen molar-refractivity contribution in [1.29, 1.82) is 0 Å². The molecule has 0 radical (unpaired) electrons. The number of anilines is 1. The zero-order valence-corrected chi connectivity index (χ0v) is 13.1. The molecule has 0 spiro atoms. The highest BCUT2D eigenvalue weighted by Gasteiger charge is 2.23. The molecule has 2 aromatic heterocycles. The van der Waals surface area contributed by atoms with Crippen molar-refractivity contribution >= 4 is 32.6 Å². The van der Waals surface area contributed by atoms with E-state index >= 15 is 0 Å². The predicted molar refractivity (Wildman–Crippen MR) is 84.6 cm³/mol. The van der Waals surface area contributed by atoms with Crippen LogP contribution in [0.1, 0.15) is 24.3 Å². The van der Waals surface area contributed by atoms with Gasteiger partial charge in [-0.3, -0.25) is 9.69 Å². The van der Waals surface area contributed by atoms with E-state index in [1.165, 1.54) is 17.6 Å². The lowest BCUT2D eigenvalue weighted by molar-refractivity contribution is 0.0983. The number of aromatic nitrogens is 2. The van der Waals surface area contributed by atoms with E-state index in [1.807, 2.05) is 38.1 Å². The zero-order valence-electron chi connectivity index (χ0n) is 12.3. The van der Waals surface area contributed by atoms with Gasteiger partial charge in [0.15, 0.2) is 10.8 Å². The van der Waals surface area contributed by atoms with E-state index in [-0.39, 0.29) is 17.7 Å². The highest BCUT2D eigenvalue weighted by molar-refractivity contribution is 7.22. The zero-order chi connectivity index (χ0) is 15.5. The van der Waals surface area contributed by atoms with Crippen LogP contribution in [0.15, 0.2) is 34.9 Å². The number of rotatable bonds is 5. The van der Waals surface area contributed by atoms with Crippen molar-refractivity contribution in [1.82, 2.24) is 9.97 Å². The number of fused-ring (bicyclic) bond motifs is 1. The van der Waals surface area contributed by atoms with Crippen molar-refractivity contribution < 1.29 is 13.9 Å². The van der Waals surface area contributed by atoms with Crippen LogP contribution in [0.4, 0.5) is 5.13 Å². The summed E-state index contributed by atoms with van der Waals surface area (Å²) in [7, 11) is 0. The van der Waals surface area contributed by atoms with Crippen LogP contribution < -0.4 is 9.64 Å². The number of ether oxygens (including phenoxy) is 1. The molecule has 0 aliphatic rings. The molecule has 0 bridgehead atoms. The molecule has 3 aromatic rings.